The Bertz CT molecular complexity index is 2630. The number of aromatic hydroxyl groups is 8. The average molecular weight is 1110 g/mol. The lowest BCUT2D eigenvalue weighted by Gasteiger charge is -2.30. The van der Waals surface area contributed by atoms with E-state index in [0.29, 0.717) is 40.1 Å². The number of phenolic OH excluding ortho intramolecular Hbond substituents is 8. The summed E-state index contributed by atoms with van der Waals surface area (Å²) in [5.74, 6) is -6.23. The molecule has 8 aromatic carbocycles. The molecule has 0 saturated carbocycles. The number of benzene rings is 8. The van der Waals surface area contributed by atoms with E-state index in [4.69, 9.17) is 0 Å². The summed E-state index contributed by atoms with van der Waals surface area (Å²) >= 11 is 14.4. The Labute approximate surface area is 401 Å². The molecule has 1 aliphatic rings. The van der Waals surface area contributed by atoms with Crippen molar-refractivity contribution in [3.8, 4) is 46.0 Å². The third-order valence-corrected chi connectivity index (χ3v) is 13.9. The van der Waals surface area contributed by atoms with E-state index in [1.54, 1.807) is 24.3 Å². The molecule has 8 N–H and O–H groups in total. The summed E-state index contributed by atoms with van der Waals surface area (Å²) in [7, 11) is 0. The van der Waals surface area contributed by atoms with Crippen molar-refractivity contribution in [1.82, 2.24) is 0 Å². The molecule has 0 aliphatic heterocycles. The van der Waals surface area contributed by atoms with Crippen molar-refractivity contribution in [3.05, 3.63) is 230 Å². The normalized spacial score (nSPS) is 16.9. The van der Waals surface area contributed by atoms with Gasteiger partial charge in [-0.25, -0.2) is 0 Å². The van der Waals surface area contributed by atoms with E-state index in [1.165, 1.54) is 24.3 Å². The molecule has 9 rings (SSSR count). The summed E-state index contributed by atoms with van der Waals surface area (Å²) in [5, 5.41) is 95.9. The lowest BCUT2D eigenvalue weighted by Crippen LogP contribution is -2.13. The van der Waals surface area contributed by atoms with Crippen LogP contribution in [0.4, 0.5) is 0 Å². The molecule has 0 amide bonds. The van der Waals surface area contributed by atoms with Crippen molar-refractivity contribution in [2.75, 3.05) is 0 Å². The highest BCUT2D eigenvalue weighted by molar-refractivity contribution is 9.11. The molecule has 64 heavy (non-hydrogen) atoms. The lowest BCUT2D eigenvalue weighted by atomic mass is 9.75. The monoisotopic (exact) mass is 1100 g/mol. The first kappa shape index (κ1) is 43.3. The van der Waals surface area contributed by atoms with Crippen molar-refractivity contribution in [2.45, 2.75) is 23.7 Å². The van der Waals surface area contributed by atoms with Gasteiger partial charge >= 0.3 is 0 Å². The quantitative estimate of drug-likeness (QED) is 0.0864. The highest BCUT2D eigenvalue weighted by atomic mass is 79.9. The van der Waals surface area contributed by atoms with Gasteiger partial charge in [0.2, 0.25) is 0 Å². The second-order valence-corrected chi connectivity index (χ2v) is 19.5. The maximum absolute atomic E-state index is 12.0. The van der Waals surface area contributed by atoms with Crippen LogP contribution in [0.2, 0.25) is 0 Å². The first-order valence-electron chi connectivity index (χ1n) is 19.9. The molecule has 8 nitrogen and oxygen atoms in total. The molecule has 0 unspecified atom stereocenters. The Morgan fingerprint density at radius 1 is 0.234 bits per heavy atom. The van der Waals surface area contributed by atoms with Crippen LogP contribution in [-0.4, -0.2) is 40.9 Å². The van der Waals surface area contributed by atoms with Crippen LogP contribution < -0.4 is 0 Å². The molecular formula is C52H36Br4O8. The van der Waals surface area contributed by atoms with E-state index in [-0.39, 0.29) is 90.5 Å². The van der Waals surface area contributed by atoms with Crippen molar-refractivity contribution in [3.63, 3.8) is 0 Å². The van der Waals surface area contributed by atoms with E-state index in [9.17, 15) is 40.9 Å². The molecule has 12 heteroatoms. The van der Waals surface area contributed by atoms with E-state index in [1.807, 2.05) is 97.1 Å². The minimum Gasteiger partial charge on any atom is -0.507 e. The topological polar surface area (TPSA) is 162 Å². The van der Waals surface area contributed by atoms with E-state index in [2.05, 4.69) is 63.7 Å². The van der Waals surface area contributed by atoms with Gasteiger partial charge in [0, 0.05) is 110 Å². The number of hydrogen-bond donors (Lipinski definition) is 8. The fraction of sp³-hybridized carbons (Fsp3) is 0.0769. The maximum Gasteiger partial charge on any atom is 0.123 e. The van der Waals surface area contributed by atoms with Gasteiger partial charge in [0.1, 0.15) is 46.0 Å². The first-order chi connectivity index (χ1) is 30.7. The molecule has 0 heterocycles. The van der Waals surface area contributed by atoms with Gasteiger partial charge in [-0.1, -0.05) is 112 Å². The molecule has 1 aliphatic carbocycles. The predicted molar refractivity (Wildman–Crippen MR) is 259 cm³/mol. The second-order valence-electron chi connectivity index (χ2n) is 15.8. The Morgan fingerprint density at radius 3 is 0.562 bits per heavy atom. The molecule has 0 saturated heterocycles. The standard InChI is InChI=1S/C52H36Br4O8/c53-29-9-1-5-25(13-29)49-33-17-35(43(59)21-41(33)57)50(26-6-2-10-30(54)14-26)37-19-39(47(63)23-45(37)61)52(28-8-4-12-32(56)16-28)40-20-38(46(62)24-48(40)64)51(27-7-3-11-31(55)15-27)36-18-34(49)42(58)22-44(36)60/h1-24,49-52,57-64H. The number of rotatable bonds is 4. The van der Waals surface area contributed by atoms with Crippen molar-refractivity contribution < 1.29 is 40.9 Å². The van der Waals surface area contributed by atoms with Crippen LogP contribution in [-0.2, 0) is 0 Å². The largest absolute Gasteiger partial charge is 0.507 e. The van der Waals surface area contributed by atoms with Gasteiger partial charge in [0.05, 0.1) is 0 Å². The van der Waals surface area contributed by atoms with E-state index < -0.39 is 23.7 Å². The number of phenols is 8. The SMILES string of the molecule is Oc1cc(O)c2cc1C(c1cccc(Br)c1)c1cc(c(O)cc1O)C(c1cccc(Br)c1)c1cc(c(O)cc1O)C(c1cccc(Br)c1)c1cc(c(O)cc1O)C2c1cccc(Br)c1. The number of fused-ring (bicyclic) bond motifs is 8. The molecule has 0 aromatic heterocycles. The molecule has 8 bridgehead atoms. The van der Waals surface area contributed by atoms with Gasteiger partial charge in [-0.2, -0.15) is 0 Å². The van der Waals surface area contributed by atoms with Gasteiger partial charge in [0.15, 0.2) is 0 Å². The summed E-state index contributed by atoms with van der Waals surface area (Å²) in [5.41, 5.74) is 4.62. The first-order valence-corrected chi connectivity index (χ1v) is 23.1. The zero-order chi connectivity index (χ0) is 45.1. The molecule has 8 aromatic rings. The Hall–Kier alpha value is -5.92. The molecule has 0 spiro atoms. The third kappa shape index (κ3) is 7.97. The number of halogens is 4. The number of hydrogen-bond acceptors (Lipinski definition) is 8. The zero-order valence-electron chi connectivity index (χ0n) is 33.3. The van der Waals surface area contributed by atoms with Gasteiger partial charge in [0.25, 0.3) is 0 Å². The minimum absolute atomic E-state index is 0.268. The second kappa shape index (κ2) is 17.2. The molecule has 0 atom stereocenters. The van der Waals surface area contributed by atoms with Gasteiger partial charge < -0.3 is 40.9 Å². The van der Waals surface area contributed by atoms with Crippen molar-refractivity contribution in [2.24, 2.45) is 0 Å². The van der Waals surface area contributed by atoms with Crippen LogP contribution in [0.15, 0.2) is 163 Å². The van der Waals surface area contributed by atoms with Crippen LogP contribution in [0.3, 0.4) is 0 Å². The maximum atomic E-state index is 12.0. The lowest BCUT2D eigenvalue weighted by molar-refractivity contribution is 0.431. The fourth-order valence-corrected chi connectivity index (χ4v) is 10.8. The average Bonchev–Trinajstić information content (AvgIpc) is 3.23. The van der Waals surface area contributed by atoms with Crippen molar-refractivity contribution >= 4 is 63.7 Å². The van der Waals surface area contributed by atoms with Gasteiger partial charge in [-0.3, -0.25) is 0 Å². The summed E-state index contributed by atoms with van der Waals surface area (Å²) in [6, 6.07) is 40.8. The highest BCUT2D eigenvalue weighted by Crippen LogP contribution is 2.54. The Balaban J connectivity index is 1.49. The van der Waals surface area contributed by atoms with Crippen LogP contribution in [0.25, 0.3) is 0 Å². The van der Waals surface area contributed by atoms with Crippen LogP contribution >= 0.6 is 63.7 Å². The minimum atomic E-state index is -0.954. The van der Waals surface area contributed by atoms with Gasteiger partial charge in [-0.15, -0.1) is 0 Å². The summed E-state index contributed by atoms with van der Waals surface area (Å²) in [4.78, 5) is 0. The van der Waals surface area contributed by atoms with Crippen LogP contribution in [0.1, 0.15) is 90.4 Å². The molecule has 0 fully saturated rings. The van der Waals surface area contributed by atoms with Gasteiger partial charge in [-0.05, 0) is 95.1 Å². The Kier molecular flexibility index (Phi) is 11.7. The third-order valence-electron chi connectivity index (χ3n) is 11.9. The summed E-state index contributed by atoms with van der Waals surface area (Å²) in [6.45, 7) is 0. The van der Waals surface area contributed by atoms with Crippen LogP contribution in [0.5, 0.6) is 46.0 Å². The summed E-state index contributed by atoms with van der Waals surface area (Å²) in [6.07, 6.45) is 0. The Morgan fingerprint density at radius 2 is 0.406 bits per heavy atom. The van der Waals surface area contributed by atoms with E-state index in [0.717, 1.165) is 0 Å². The van der Waals surface area contributed by atoms with E-state index >= 15 is 0 Å². The van der Waals surface area contributed by atoms with Crippen molar-refractivity contribution in [1.29, 1.82) is 0 Å². The molecular weight excluding hydrogens is 1070 g/mol. The zero-order valence-corrected chi connectivity index (χ0v) is 39.6. The molecule has 0 radical (unpaired) electrons. The highest BCUT2D eigenvalue weighted by Gasteiger charge is 2.35. The molecule has 320 valence electrons. The van der Waals surface area contributed by atoms with Crippen LogP contribution in [0, 0.1) is 0 Å². The summed E-state index contributed by atoms with van der Waals surface area (Å²) < 4.78 is 2.82. The smallest absolute Gasteiger partial charge is 0.123 e. The predicted octanol–water partition coefficient (Wildman–Crippen LogP) is 13.4. The fourth-order valence-electron chi connectivity index (χ4n) is 9.15.